The fraction of sp³-hybridized carbons (Fsp3) is 0.500. The zero-order chi connectivity index (χ0) is 5.86. The number of nitrogens with one attached hydrogen (secondary N) is 1. The first-order chi connectivity index (χ1) is 3.18. The second kappa shape index (κ2) is 2.47. The van der Waals surface area contributed by atoms with Crippen molar-refractivity contribution in [2.24, 2.45) is 0 Å². The minimum Gasteiger partial charge on any atom is -0.494 e. The molecule has 0 fully saturated rings. The van der Waals surface area contributed by atoms with E-state index in [9.17, 15) is 0 Å². The van der Waals surface area contributed by atoms with Crippen LogP contribution in [0.25, 0.3) is 0 Å². The van der Waals surface area contributed by atoms with Crippen LogP contribution < -0.4 is 5.43 Å². The first-order valence-corrected chi connectivity index (χ1v) is 1.97. The fourth-order valence-corrected chi connectivity index (χ4v) is 0.129. The molecule has 0 aliphatic heterocycles. The van der Waals surface area contributed by atoms with Crippen molar-refractivity contribution in [1.29, 1.82) is 0 Å². The number of nitrogens with zero attached hydrogens (tertiary/aromatic N) is 1. The van der Waals surface area contributed by atoms with E-state index in [1.54, 1.807) is 14.1 Å². The Balaban J connectivity index is 3.34. The molecule has 3 nitrogen and oxygen atoms in total. The summed E-state index contributed by atoms with van der Waals surface area (Å²) >= 11 is 0. The lowest BCUT2D eigenvalue weighted by atomic mass is 10.9. The molecule has 0 atom stereocenters. The molecule has 0 saturated carbocycles. The molecular weight excluding hydrogens is 92.1 g/mol. The third-order valence-corrected chi connectivity index (χ3v) is 0.723. The first-order valence-electron chi connectivity index (χ1n) is 1.97. The Hall–Kier alpha value is -0.700. The van der Waals surface area contributed by atoms with Gasteiger partial charge in [0.15, 0.2) is 5.88 Å². The average molecular weight is 102 g/mol. The van der Waals surface area contributed by atoms with Gasteiger partial charge in [0.25, 0.3) is 0 Å². The first kappa shape index (κ1) is 6.30. The van der Waals surface area contributed by atoms with Gasteiger partial charge in [-0.25, -0.2) is 5.43 Å². The highest BCUT2D eigenvalue weighted by Crippen LogP contribution is 1.81. The molecule has 0 spiro atoms. The van der Waals surface area contributed by atoms with Crippen molar-refractivity contribution < 1.29 is 5.11 Å². The van der Waals surface area contributed by atoms with Crippen LogP contribution in [0.15, 0.2) is 12.5 Å². The summed E-state index contributed by atoms with van der Waals surface area (Å²) in [5, 5.41) is 9.89. The third-order valence-electron chi connectivity index (χ3n) is 0.723. The molecule has 0 saturated heterocycles. The highest BCUT2D eigenvalue weighted by Gasteiger charge is 1.88. The Morgan fingerprint density at radius 1 is 1.86 bits per heavy atom. The molecule has 0 unspecified atom stereocenters. The molecule has 0 rings (SSSR count). The normalized spacial score (nSPS) is 8.29. The molecule has 0 amide bonds. The monoisotopic (exact) mass is 102 g/mol. The van der Waals surface area contributed by atoms with E-state index >= 15 is 0 Å². The summed E-state index contributed by atoms with van der Waals surface area (Å²) in [6, 6.07) is 0. The lowest BCUT2D eigenvalue weighted by Gasteiger charge is -2.13. The molecule has 0 aliphatic carbocycles. The van der Waals surface area contributed by atoms with Gasteiger partial charge in [-0.15, -0.1) is 0 Å². The lowest BCUT2D eigenvalue weighted by molar-refractivity contribution is 0.192. The van der Waals surface area contributed by atoms with Crippen molar-refractivity contribution in [3.63, 3.8) is 0 Å². The zero-order valence-corrected chi connectivity index (χ0v) is 4.60. The van der Waals surface area contributed by atoms with Crippen LogP contribution >= 0.6 is 0 Å². The smallest absolute Gasteiger partial charge is 0.193 e. The summed E-state index contributed by atoms with van der Waals surface area (Å²) in [5.74, 6) is 0.0162. The minimum absolute atomic E-state index is 0.0162. The van der Waals surface area contributed by atoms with Crippen LogP contribution in [-0.4, -0.2) is 24.2 Å². The lowest BCUT2D eigenvalue weighted by Crippen LogP contribution is -2.29. The Kier molecular flexibility index (Phi) is 2.22. The third kappa shape index (κ3) is 2.05. The number of hydrogen-bond donors (Lipinski definition) is 2. The van der Waals surface area contributed by atoms with E-state index in [0.29, 0.717) is 0 Å². The average Bonchev–Trinajstić information content (AvgIpc) is 1.65. The molecule has 3 heteroatoms. The molecule has 42 valence electrons. The van der Waals surface area contributed by atoms with Crippen molar-refractivity contribution in [2.45, 2.75) is 0 Å². The van der Waals surface area contributed by atoms with Crippen LogP contribution in [0.5, 0.6) is 0 Å². The SMILES string of the molecule is C=C(O)N(C)NC. The molecule has 0 aromatic carbocycles. The highest BCUT2D eigenvalue weighted by atomic mass is 16.3. The maximum Gasteiger partial charge on any atom is 0.193 e. The number of rotatable bonds is 2. The predicted molar refractivity (Wildman–Crippen MR) is 28.6 cm³/mol. The molecule has 0 bridgehead atoms. The van der Waals surface area contributed by atoms with E-state index in [1.807, 2.05) is 0 Å². The van der Waals surface area contributed by atoms with Gasteiger partial charge in [-0.05, 0) is 6.58 Å². The van der Waals surface area contributed by atoms with Crippen molar-refractivity contribution in [1.82, 2.24) is 10.4 Å². The van der Waals surface area contributed by atoms with E-state index in [0.717, 1.165) is 0 Å². The largest absolute Gasteiger partial charge is 0.494 e. The van der Waals surface area contributed by atoms with E-state index in [4.69, 9.17) is 5.11 Å². The summed E-state index contributed by atoms with van der Waals surface area (Å²) < 4.78 is 0. The summed E-state index contributed by atoms with van der Waals surface area (Å²) in [4.78, 5) is 0. The topological polar surface area (TPSA) is 35.5 Å². The standard InChI is InChI=1S/C4H10N2O/c1-4(7)6(3)5-2/h5,7H,1H2,2-3H3. The van der Waals surface area contributed by atoms with Crippen molar-refractivity contribution >= 4 is 0 Å². The van der Waals surface area contributed by atoms with Gasteiger partial charge in [0.05, 0.1) is 0 Å². The maximum atomic E-state index is 8.49. The Morgan fingerprint density at radius 3 is 2.29 bits per heavy atom. The number of hydrazine groups is 1. The van der Waals surface area contributed by atoms with Gasteiger partial charge in [0.1, 0.15) is 0 Å². The van der Waals surface area contributed by atoms with E-state index < -0.39 is 0 Å². The number of hydrogen-bond acceptors (Lipinski definition) is 3. The Morgan fingerprint density at radius 2 is 2.29 bits per heavy atom. The molecule has 0 heterocycles. The van der Waals surface area contributed by atoms with Gasteiger partial charge in [-0.1, -0.05) is 0 Å². The molecule has 7 heavy (non-hydrogen) atoms. The highest BCUT2D eigenvalue weighted by molar-refractivity contribution is 4.72. The van der Waals surface area contributed by atoms with Gasteiger partial charge in [0.2, 0.25) is 0 Å². The quantitative estimate of drug-likeness (QED) is 0.383. The molecule has 0 aromatic rings. The van der Waals surface area contributed by atoms with Crippen molar-refractivity contribution in [2.75, 3.05) is 14.1 Å². The van der Waals surface area contributed by atoms with Crippen LogP contribution in [0.1, 0.15) is 0 Å². The Labute approximate surface area is 43.2 Å². The van der Waals surface area contributed by atoms with E-state index in [1.165, 1.54) is 5.01 Å². The Bertz CT molecular complexity index is 72.1. The van der Waals surface area contributed by atoms with Gasteiger partial charge >= 0.3 is 0 Å². The van der Waals surface area contributed by atoms with E-state index in [2.05, 4.69) is 12.0 Å². The molecule has 0 aromatic heterocycles. The summed E-state index contributed by atoms with van der Waals surface area (Å²) in [7, 11) is 3.36. The van der Waals surface area contributed by atoms with Crippen molar-refractivity contribution in [3.8, 4) is 0 Å². The van der Waals surface area contributed by atoms with Gasteiger partial charge in [-0.3, -0.25) is 5.01 Å². The van der Waals surface area contributed by atoms with Crippen LogP contribution in [0.4, 0.5) is 0 Å². The predicted octanol–water partition coefficient (Wildman–Crippen LogP) is 0.0818. The maximum absolute atomic E-state index is 8.49. The second-order valence-corrected chi connectivity index (χ2v) is 1.20. The van der Waals surface area contributed by atoms with E-state index in [-0.39, 0.29) is 5.88 Å². The molecule has 0 aliphatic rings. The van der Waals surface area contributed by atoms with Gasteiger partial charge in [-0.2, -0.15) is 0 Å². The van der Waals surface area contributed by atoms with Crippen LogP contribution in [0, 0.1) is 0 Å². The van der Waals surface area contributed by atoms with Crippen LogP contribution in [0.2, 0.25) is 0 Å². The van der Waals surface area contributed by atoms with Crippen LogP contribution in [0.3, 0.4) is 0 Å². The summed E-state index contributed by atoms with van der Waals surface area (Å²) in [5.41, 5.74) is 2.65. The van der Waals surface area contributed by atoms with Gasteiger partial charge in [0, 0.05) is 14.1 Å². The summed E-state index contributed by atoms with van der Waals surface area (Å²) in [6.07, 6.45) is 0. The number of aliphatic hydroxyl groups excluding tert-OH is 1. The zero-order valence-electron chi connectivity index (χ0n) is 4.60. The van der Waals surface area contributed by atoms with Crippen LogP contribution in [-0.2, 0) is 0 Å². The molecule has 0 radical (unpaired) electrons. The second-order valence-electron chi connectivity index (χ2n) is 1.20. The van der Waals surface area contributed by atoms with Gasteiger partial charge < -0.3 is 5.11 Å². The molecule has 2 N–H and O–H groups in total. The van der Waals surface area contributed by atoms with Crippen molar-refractivity contribution in [3.05, 3.63) is 12.5 Å². The minimum atomic E-state index is 0.0162. The fourth-order valence-electron chi connectivity index (χ4n) is 0.129. The molecular formula is C4H10N2O. The number of aliphatic hydroxyl groups is 1. The summed E-state index contributed by atoms with van der Waals surface area (Å²) in [6.45, 7) is 3.24.